The Labute approximate surface area is 537 Å². The molecule has 6 aromatic carbocycles. The first-order valence-corrected chi connectivity index (χ1v) is 28.9. The number of hydrogen-bond donors (Lipinski definition) is 12. The molecule has 0 amide bonds. The van der Waals surface area contributed by atoms with Crippen molar-refractivity contribution in [1.82, 2.24) is 92.5 Å². The van der Waals surface area contributed by atoms with Crippen molar-refractivity contribution in [2.75, 3.05) is 52.7 Å². The van der Waals surface area contributed by atoms with Gasteiger partial charge in [0.2, 0.25) is 0 Å². The minimum Gasteiger partial charge on any atom is -0.384 e. The van der Waals surface area contributed by atoms with E-state index >= 15 is 0 Å². The summed E-state index contributed by atoms with van der Waals surface area (Å²) in [5.41, 5.74) is 10.0. The number of benzene rings is 6. The molecule has 0 bridgehead atoms. The number of aryl methyl sites for hydroxylation is 2. The molecule has 0 fully saturated rings. The van der Waals surface area contributed by atoms with Crippen molar-refractivity contribution in [3.05, 3.63) is 210 Å². The molecule has 0 saturated heterocycles. The predicted molar refractivity (Wildman–Crippen MR) is 350 cm³/mol. The van der Waals surface area contributed by atoms with Crippen LogP contribution in [0.5, 0.6) is 0 Å². The standard InChI is InChI=1S/C11H13ClN4O.C10H11ClN4O.C10H11ClN4.C9H9ClN4.C8H7BrN4.C8H7ClN4/c1-17-5-4-8-6-9(12)2-3-10(8)14-11-7-13-16-15-11;1-16-6-7-4-8(11)2-3-9(7)13-10-5-12-15-14-10;1-2-7-5-8(11)3-4-9(7)13-10-6-12-15-14-10;1-6-4-7(10)2-3-8(6)12-9-5-11-14-13-9;2*9-6-1-3-7(4-2-6)11-8-5-10-13-12-8/h2-3,6-7H,4-5H2,1H3,(H2,13,14,15,16);2-5H,6H2,1H3,(H2,12,13,14,15);3-6H,2H2,1H3,(H2,12,13,14,15);2-5H,1H3,(H2,11,12,13,14);2*1-5H,(H2,10,11,12,13). The van der Waals surface area contributed by atoms with Gasteiger partial charge in [0.1, 0.15) is 0 Å². The van der Waals surface area contributed by atoms with Crippen LogP contribution in [0.2, 0.25) is 25.1 Å². The second-order valence-corrected chi connectivity index (χ2v) is 20.9. The highest BCUT2D eigenvalue weighted by Gasteiger charge is 2.08. The number of halogens is 6. The van der Waals surface area contributed by atoms with Crippen molar-refractivity contribution >= 4 is 143 Å². The maximum absolute atomic E-state index is 5.97. The van der Waals surface area contributed by atoms with E-state index < -0.39 is 0 Å². The highest BCUT2D eigenvalue weighted by atomic mass is 79.9. The first-order chi connectivity index (χ1) is 42.8. The highest BCUT2D eigenvalue weighted by Crippen LogP contribution is 2.27. The molecule has 0 aliphatic heterocycles. The van der Waals surface area contributed by atoms with E-state index in [2.05, 4.69) is 147 Å². The number of ether oxygens (including phenoxy) is 2. The lowest BCUT2D eigenvalue weighted by Crippen LogP contribution is -2.00. The summed E-state index contributed by atoms with van der Waals surface area (Å²) < 4.78 is 11.2. The minimum absolute atomic E-state index is 0.487. The fraction of sp³-hybridized carbons (Fsp3) is 0.143. The number of methoxy groups -OCH3 is 2. The largest absolute Gasteiger partial charge is 0.384 e. The molecule has 0 spiro atoms. The van der Waals surface area contributed by atoms with Crippen molar-refractivity contribution in [2.24, 2.45) is 0 Å². The molecule has 0 aliphatic carbocycles. The van der Waals surface area contributed by atoms with E-state index in [1.807, 2.05) is 128 Å². The van der Waals surface area contributed by atoms with Crippen LogP contribution in [0.25, 0.3) is 0 Å². The molecule has 0 radical (unpaired) electrons. The molecule has 6 heterocycles. The van der Waals surface area contributed by atoms with Crippen LogP contribution in [-0.2, 0) is 28.9 Å². The van der Waals surface area contributed by atoms with Crippen LogP contribution in [-0.4, -0.2) is 113 Å². The monoisotopic (exact) mass is 1350 g/mol. The first kappa shape index (κ1) is 66.3. The smallest absolute Gasteiger partial charge is 0.172 e. The number of anilines is 12. The molecule has 12 aromatic rings. The SMILES string of the molecule is Brc1ccc(Nc2cn[nH]n2)cc1.CCc1cc(Cl)ccc1Nc1cn[nH]n1.COCCc1cc(Cl)ccc1Nc1cn[nH]n1.COCc1cc(Cl)ccc1Nc1cn[nH]n1.Cc1cc(Cl)ccc1Nc1cn[nH]n1.Clc1ccc(Nc2cn[nH]n2)cc1. The average Bonchev–Trinajstić information content (AvgIpc) is 4.48. The van der Waals surface area contributed by atoms with E-state index in [-0.39, 0.29) is 0 Å². The zero-order valence-corrected chi connectivity index (χ0v) is 52.7. The van der Waals surface area contributed by atoms with Gasteiger partial charge in [-0.2, -0.15) is 61.9 Å². The van der Waals surface area contributed by atoms with Crippen molar-refractivity contribution in [2.45, 2.75) is 33.3 Å². The summed E-state index contributed by atoms with van der Waals surface area (Å²) in [6.07, 6.45) is 11.4. The van der Waals surface area contributed by atoms with Crippen molar-refractivity contribution < 1.29 is 9.47 Å². The number of rotatable bonds is 18. The van der Waals surface area contributed by atoms with Gasteiger partial charge in [0, 0.05) is 83.5 Å². The number of nitrogens with zero attached hydrogens (tertiary/aromatic N) is 12. The third-order valence-corrected chi connectivity index (χ3v) is 13.1. The van der Waals surface area contributed by atoms with E-state index in [1.54, 1.807) is 51.4 Å². The van der Waals surface area contributed by atoms with Crippen molar-refractivity contribution in [1.29, 1.82) is 0 Å². The maximum Gasteiger partial charge on any atom is 0.172 e. The van der Waals surface area contributed by atoms with Gasteiger partial charge in [0.15, 0.2) is 34.9 Å². The van der Waals surface area contributed by atoms with Gasteiger partial charge in [-0.05, 0) is 158 Å². The van der Waals surface area contributed by atoms with Gasteiger partial charge in [-0.15, -0.1) is 30.6 Å². The Morgan fingerprint density at radius 2 is 0.716 bits per heavy atom. The Hall–Kier alpha value is -9.19. The van der Waals surface area contributed by atoms with Crippen LogP contribution < -0.4 is 31.9 Å². The van der Waals surface area contributed by atoms with Crippen LogP contribution in [0.4, 0.5) is 69.0 Å². The van der Waals surface area contributed by atoms with Gasteiger partial charge in [-0.1, -0.05) is 80.9 Å². The summed E-state index contributed by atoms with van der Waals surface area (Å²) in [4.78, 5) is 0. The van der Waals surface area contributed by atoms with E-state index in [0.29, 0.717) is 63.2 Å². The van der Waals surface area contributed by atoms with Crippen LogP contribution in [0, 0.1) is 6.92 Å². The molecule has 456 valence electrons. The van der Waals surface area contributed by atoms with Crippen LogP contribution in [0.1, 0.15) is 29.2 Å². The maximum atomic E-state index is 5.97. The van der Waals surface area contributed by atoms with Gasteiger partial charge < -0.3 is 41.4 Å². The molecule has 6 aromatic heterocycles. The van der Waals surface area contributed by atoms with E-state index in [0.717, 1.165) is 83.7 Å². The third-order valence-electron chi connectivity index (χ3n) is 11.4. The molecule has 12 N–H and O–H groups in total. The molecule has 0 aliphatic rings. The average molecular weight is 1360 g/mol. The molecule has 88 heavy (non-hydrogen) atoms. The summed E-state index contributed by atoms with van der Waals surface area (Å²) in [5, 5.41) is 83.1. The summed E-state index contributed by atoms with van der Waals surface area (Å²) in [6, 6.07) is 37.8. The minimum atomic E-state index is 0.487. The second-order valence-electron chi connectivity index (χ2n) is 17.8. The van der Waals surface area contributed by atoms with Crippen molar-refractivity contribution in [3.63, 3.8) is 0 Å². The summed E-state index contributed by atoms with van der Waals surface area (Å²) in [5.74, 6) is 4.11. The normalized spacial score (nSPS) is 10.2. The van der Waals surface area contributed by atoms with E-state index in [9.17, 15) is 0 Å². The Balaban J connectivity index is 0.000000151. The predicted octanol–water partition coefficient (Wildman–Crippen LogP) is 14.5. The van der Waals surface area contributed by atoms with Crippen LogP contribution >= 0.6 is 73.9 Å². The number of aromatic amines is 6. The van der Waals surface area contributed by atoms with E-state index in [1.165, 1.54) is 0 Å². The van der Waals surface area contributed by atoms with Gasteiger partial charge in [0.05, 0.1) is 50.4 Å². The Morgan fingerprint density at radius 1 is 0.386 bits per heavy atom. The number of H-pyrrole nitrogens is 6. The summed E-state index contributed by atoms with van der Waals surface area (Å²) in [7, 11) is 3.32. The zero-order chi connectivity index (χ0) is 62.3. The Bertz CT molecular complexity index is 3760. The first-order valence-electron chi connectivity index (χ1n) is 26.2. The van der Waals surface area contributed by atoms with Gasteiger partial charge in [-0.3, -0.25) is 0 Å². The van der Waals surface area contributed by atoms with E-state index in [4.69, 9.17) is 67.5 Å². The fourth-order valence-electron chi connectivity index (χ4n) is 7.29. The Morgan fingerprint density at radius 3 is 1.09 bits per heavy atom. The molecular formula is C56H58BrCl5N24O2. The van der Waals surface area contributed by atoms with Gasteiger partial charge >= 0.3 is 0 Å². The molecule has 0 saturated carbocycles. The molecular weight excluding hydrogens is 1300 g/mol. The number of hydrogen-bond acceptors (Lipinski definition) is 20. The number of nitrogens with one attached hydrogen (secondary N) is 12. The lowest BCUT2D eigenvalue weighted by Gasteiger charge is -2.10. The van der Waals surface area contributed by atoms with Gasteiger partial charge in [-0.25, -0.2) is 0 Å². The fourth-order valence-corrected chi connectivity index (χ4v) is 8.49. The molecule has 32 heteroatoms. The molecule has 12 rings (SSSR count). The second kappa shape index (κ2) is 36.1. The van der Waals surface area contributed by atoms with Crippen molar-refractivity contribution in [3.8, 4) is 0 Å². The molecule has 26 nitrogen and oxygen atoms in total. The van der Waals surface area contributed by atoms with Gasteiger partial charge in [0.25, 0.3) is 0 Å². The summed E-state index contributed by atoms with van der Waals surface area (Å²) in [6.45, 7) is 5.20. The Kier molecular flexibility index (Phi) is 27.2. The lowest BCUT2D eigenvalue weighted by molar-refractivity contribution is 0.185. The lowest BCUT2D eigenvalue weighted by atomic mass is 10.1. The third kappa shape index (κ3) is 23.2. The highest BCUT2D eigenvalue weighted by molar-refractivity contribution is 9.10. The molecule has 0 unspecified atom stereocenters. The van der Waals surface area contributed by atoms with Crippen LogP contribution in [0.3, 0.4) is 0 Å². The summed E-state index contributed by atoms with van der Waals surface area (Å²) >= 11 is 32.7. The zero-order valence-electron chi connectivity index (χ0n) is 47.3. The van der Waals surface area contributed by atoms with Crippen LogP contribution in [0.15, 0.2) is 163 Å². The number of aromatic nitrogens is 18. The topological polar surface area (TPSA) is 340 Å². The quantitative estimate of drug-likeness (QED) is 0.0380. The molecule has 0 atom stereocenters.